The molecule has 6 nitrogen and oxygen atoms in total. The lowest BCUT2D eigenvalue weighted by molar-refractivity contribution is -0.274. The van der Waals surface area contributed by atoms with E-state index in [1.807, 2.05) is 30.5 Å². The molecule has 0 saturated carbocycles. The topological polar surface area (TPSA) is 64.4 Å². The van der Waals surface area contributed by atoms with E-state index in [-0.39, 0.29) is 23.9 Å². The zero-order chi connectivity index (χ0) is 21.5. The van der Waals surface area contributed by atoms with E-state index in [1.54, 1.807) is 17.9 Å². The third kappa shape index (κ3) is 4.05. The summed E-state index contributed by atoms with van der Waals surface area (Å²) in [5.41, 5.74) is 2.79. The van der Waals surface area contributed by atoms with Gasteiger partial charge in [-0.05, 0) is 41.0 Å². The lowest BCUT2D eigenvalue weighted by Crippen LogP contribution is -2.38. The summed E-state index contributed by atoms with van der Waals surface area (Å²) in [5.74, 6) is -0.676. The quantitative estimate of drug-likeness (QED) is 0.625. The van der Waals surface area contributed by atoms with Crippen molar-refractivity contribution in [3.05, 3.63) is 77.6 Å². The number of hydrogen-bond acceptors (Lipinski definition) is 4. The molecule has 4 rings (SSSR count). The van der Waals surface area contributed by atoms with Crippen molar-refractivity contribution in [3.63, 3.8) is 0 Å². The SMILES string of the molecule is Cn1cc(C2CN(S(=O)(=O)c3ccc(OC(F)(F)F)cc3)Cc3ccccc32)cn1. The van der Waals surface area contributed by atoms with E-state index in [1.165, 1.54) is 4.31 Å². The van der Waals surface area contributed by atoms with E-state index in [4.69, 9.17) is 0 Å². The van der Waals surface area contributed by atoms with Gasteiger partial charge in [-0.15, -0.1) is 13.2 Å². The molecule has 1 atom stereocenters. The first-order valence-corrected chi connectivity index (χ1v) is 10.5. The number of alkyl halides is 3. The first-order valence-electron chi connectivity index (χ1n) is 9.06. The van der Waals surface area contributed by atoms with E-state index < -0.39 is 22.1 Å². The molecule has 0 bridgehead atoms. The fraction of sp³-hybridized carbons (Fsp3) is 0.250. The summed E-state index contributed by atoms with van der Waals surface area (Å²) in [6.07, 6.45) is -1.28. The Balaban J connectivity index is 1.66. The van der Waals surface area contributed by atoms with Gasteiger partial charge in [-0.2, -0.15) is 9.40 Å². The average molecular weight is 437 g/mol. The second-order valence-electron chi connectivity index (χ2n) is 7.02. The van der Waals surface area contributed by atoms with Crippen LogP contribution in [0.25, 0.3) is 0 Å². The largest absolute Gasteiger partial charge is 0.573 e. The lowest BCUT2D eigenvalue weighted by Gasteiger charge is -2.33. The van der Waals surface area contributed by atoms with Crippen LogP contribution in [0.4, 0.5) is 13.2 Å². The molecular formula is C20H18F3N3O3S. The minimum absolute atomic E-state index is 0.0960. The van der Waals surface area contributed by atoms with Gasteiger partial charge in [0, 0.05) is 32.3 Å². The third-order valence-electron chi connectivity index (χ3n) is 4.99. The summed E-state index contributed by atoms with van der Waals surface area (Å²) in [4.78, 5) is -0.0960. The summed E-state index contributed by atoms with van der Waals surface area (Å²) >= 11 is 0. The van der Waals surface area contributed by atoms with Crippen LogP contribution in [0.3, 0.4) is 0 Å². The Bertz CT molecular complexity index is 1160. The van der Waals surface area contributed by atoms with Gasteiger partial charge >= 0.3 is 6.36 Å². The molecule has 158 valence electrons. The fourth-order valence-corrected chi connectivity index (χ4v) is 5.06. The van der Waals surface area contributed by atoms with Crippen molar-refractivity contribution in [3.8, 4) is 5.75 Å². The monoisotopic (exact) mass is 437 g/mol. The third-order valence-corrected chi connectivity index (χ3v) is 6.81. The second kappa shape index (κ2) is 7.44. The second-order valence-corrected chi connectivity index (χ2v) is 8.95. The smallest absolute Gasteiger partial charge is 0.406 e. The van der Waals surface area contributed by atoms with Gasteiger partial charge in [0.15, 0.2) is 0 Å². The number of fused-ring (bicyclic) bond motifs is 1. The predicted molar refractivity (Wildman–Crippen MR) is 102 cm³/mol. The molecular weight excluding hydrogens is 419 g/mol. The number of hydrogen-bond donors (Lipinski definition) is 0. The van der Waals surface area contributed by atoms with Gasteiger partial charge in [-0.3, -0.25) is 4.68 Å². The van der Waals surface area contributed by atoms with Crippen molar-refractivity contribution in [1.29, 1.82) is 0 Å². The summed E-state index contributed by atoms with van der Waals surface area (Å²) in [5, 5.41) is 4.19. The van der Waals surface area contributed by atoms with Gasteiger partial charge in [0.1, 0.15) is 5.75 Å². The van der Waals surface area contributed by atoms with Crippen LogP contribution < -0.4 is 4.74 Å². The van der Waals surface area contributed by atoms with Crippen molar-refractivity contribution >= 4 is 10.0 Å². The Morgan fingerprint density at radius 3 is 2.43 bits per heavy atom. The highest BCUT2D eigenvalue weighted by Gasteiger charge is 2.35. The maximum absolute atomic E-state index is 13.2. The Morgan fingerprint density at radius 1 is 1.10 bits per heavy atom. The van der Waals surface area contributed by atoms with Crippen molar-refractivity contribution in [2.24, 2.45) is 7.05 Å². The Labute approximate surface area is 171 Å². The van der Waals surface area contributed by atoms with Crippen LogP contribution in [-0.2, 0) is 23.6 Å². The maximum atomic E-state index is 13.2. The zero-order valence-electron chi connectivity index (χ0n) is 15.9. The Hall–Kier alpha value is -2.85. The summed E-state index contributed by atoms with van der Waals surface area (Å²) in [6.45, 7) is 0.377. The number of halogens is 3. The lowest BCUT2D eigenvalue weighted by atomic mass is 9.87. The fourth-order valence-electron chi connectivity index (χ4n) is 3.63. The molecule has 30 heavy (non-hydrogen) atoms. The molecule has 1 aromatic heterocycles. The van der Waals surface area contributed by atoms with Crippen LogP contribution in [0.2, 0.25) is 0 Å². The number of aryl methyl sites for hydroxylation is 1. The van der Waals surface area contributed by atoms with Crippen LogP contribution in [-0.4, -0.2) is 35.4 Å². The molecule has 1 aliphatic rings. The molecule has 0 fully saturated rings. The standard InChI is InChI=1S/C20H18F3N3O3S/c1-25-11-15(10-24-25)19-13-26(12-14-4-2-3-5-18(14)19)30(27,28)17-8-6-16(7-9-17)29-20(21,22)23/h2-11,19H,12-13H2,1H3. The van der Waals surface area contributed by atoms with Crippen molar-refractivity contribution in [2.45, 2.75) is 23.7 Å². The van der Waals surface area contributed by atoms with E-state index >= 15 is 0 Å². The van der Waals surface area contributed by atoms with Crippen LogP contribution in [0, 0.1) is 0 Å². The number of rotatable bonds is 4. The highest BCUT2D eigenvalue weighted by Crippen LogP contribution is 2.36. The Morgan fingerprint density at radius 2 is 1.80 bits per heavy atom. The highest BCUT2D eigenvalue weighted by atomic mass is 32.2. The van der Waals surface area contributed by atoms with Gasteiger partial charge in [0.05, 0.1) is 11.1 Å². The highest BCUT2D eigenvalue weighted by molar-refractivity contribution is 7.89. The maximum Gasteiger partial charge on any atom is 0.573 e. The Kier molecular flexibility index (Phi) is 5.07. The molecule has 0 radical (unpaired) electrons. The summed E-state index contributed by atoms with van der Waals surface area (Å²) < 4.78 is 70.3. The minimum atomic E-state index is -4.84. The van der Waals surface area contributed by atoms with E-state index in [2.05, 4.69) is 9.84 Å². The van der Waals surface area contributed by atoms with Crippen LogP contribution >= 0.6 is 0 Å². The molecule has 3 aromatic rings. The molecule has 0 amide bonds. The van der Waals surface area contributed by atoms with Crippen molar-refractivity contribution in [2.75, 3.05) is 6.54 Å². The zero-order valence-corrected chi connectivity index (χ0v) is 16.7. The number of aromatic nitrogens is 2. The first kappa shape index (κ1) is 20.4. The minimum Gasteiger partial charge on any atom is -0.406 e. The number of sulfonamides is 1. The molecule has 1 aliphatic heterocycles. The number of benzene rings is 2. The molecule has 2 aromatic carbocycles. The van der Waals surface area contributed by atoms with E-state index in [9.17, 15) is 21.6 Å². The molecule has 0 aliphatic carbocycles. The van der Waals surface area contributed by atoms with E-state index in [0.717, 1.165) is 41.0 Å². The number of ether oxygens (including phenoxy) is 1. The summed E-state index contributed by atoms with van der Waals surface area (Å²) in [6, 6.07) is 11.8. The van der Waals surface area contributed by atoms with Crippen LogP contribution in [0.5, 0.6) is 5.75 Å². The van der Waals surface area contributed by atoms with Gasteiger partial charge < -0.3 is 4.74 Å². The van der Waals surface area contributed by atoms with Crippen LogP contribution in [0.15, 0.2) is 65.8 Å². The van der Waals surface area contributed by atoms with Gasteiger partial charge in [0.2, 0.25) is 10.0 Å². The average Bonchev–Trinajstić information content (AvgIpc) is 3.12. The van der Waals surface area contributed by atoms with Crippen molar-refractivity contribution in [1.82, 2.24) is 14.1 Å². The summed E-state index contributed by atoms with van der Waals surface area (Å²) in [7, 11) is -2.14. The molecule has 1 unspecified atom stereocenters. The van der Waals surface area contributed by atoms with Gasteiger partial charge in [0.25, 0.3) is 0 Å². The number of nitrogens with zero attached hydrogens (tertiary/aromatic N) is 3. The molecule has 0 saturated heterocycles. The molecule has 10 heteroatoms. The molecule has 0 spiro atoms. The van der Waals surface area contributed by atoms with E-state index in [0.29, 0.717) is 0 Å². The molecule has 0 N–H and O–H groups in total. The normalized spacial score (nSPS) is 17.5. The van der Waals surface area contributed by atoms with Gasteiger partial charge in [-0.1, -0.05) is 24.3 Å². The molecule has 2 heterocycles. The van der Waals surface area contributed by atoms with Crippen LogP contribution in [0.1, 0.15) is 22.6 Å². The first-order chi connectivity index (χ1) is 14.1. The predicted octanol–water partition coefficient (Wildman–Crippen LogP) is 3.66. The van der Waals surface area contributed by atoms with Crippen molar-refractivity contribution < 1.29 is 26.3 Å². The van der Waals surface area contributed by atoms with Gasteiger partial charge in [-0.25, -0.2) is 8.42 Å².